The maximum Gasteiger partial charge on any atom is 0.134 e. The second-order valence-electron chi connectivity index (χ2n) is 4.99. The van der Waals surface area contributed by atoms with Gasteiger partial charge in [-0.1, -0.05) is 0 Å². The van der Waals surface area contributed by atoms with Crippen LogP contribution < -0.4 is 15.5 Å². The van der Waals surface area contributed by atoms with Gasteiger partial charge in [0.15, 0.2) is 0 Å². The van der Waals surface area contributed by atoms with Crippen LogP contribution in [-0.2, 0) is 0 Å². The normalized spacial score (nSPS) is 19.5. The van der Waals surface area contributed by atoms with Crippen molar-refractivity contribution >= 4 is 11.6 Å². The molecule has 2 N–H and O–H groups in total. The fourth-order valence-corrected chi connectivity index (χ4v) is 2.76. The van der Waals surface area contributed by atoms with Crippen LogP contribution in [-0.4, -0.2) is 42.2 Å². The van der Waals surface area contributed by atoms with Crippen molar-refractivity contribution in [1.82, 2.24) is 9.97 Å². The first-order valence-electron chi connectivity index (χ1n) is 7.33. The molecule has 19 heavy (non-hydrogen) atoms. The lowest BCUT2D eigenvalue weighted by atomic mass is 10.0. The summed E-state index contributed by atoms with van der Waals surface area (Å²) in [6.07, 6.45) is 5.33. The number of nitrogens with two attached hydrogens (primary N) is 1. The first-order chi connectivity index (χ1) is 9.30. The van der Waals surface area contributed by atoms with Crippen LogP contribution >= 0.6 is 0 Å². The molecule has 2 rings (SSSR count). The molecule has 5 nitrogen and oxygen atoms in total. The average Bonchev–Trinajstić information content (AvgIpc) is 2.49. The third-order valence-corrected chi connectivity index (χ3v) is 3.92. The lowest BCUT2D eigenvalue weighted by Gasteiger charge is -2.36. The van der Waals surface area contributed by atoms with Crippen molar-refractivity contribution in [2.24, 2.45) is 5.73 Å². The van der Waals surface area contributed by atoms with Gasteiger partial charge in [-0.2, -0.15) is 0 Å². The van der Waals surface area contributed by atoms with Crippen LogP contribution in [0.5, 0.6) is 0 Å². The lowest BCUT2D eigenvalue weighted by molar-refractivity contribution is 0.462. The van der Waals surface area contributed by atoms with Crippen molar-refractivity contribution in [3.8, 4) is 0 Å². The first-order valence-corrected chi connectivity index (χ1v) is 7.33. The molecular weight excluding hydrogens is 238 g/mol. The summed E-state index contributed by atoms with van der Waals surface area (Å²) in [6, 6.07) is 2.52. The topological polar surface area (TPSA) is 58.3 Å². The summed E-state index contributed by atoms with van der Waals surface area (Å²) in [5.41, 5.74) is 5.89. The van der Waals surface area contributed by atoms with Gasteiger partial charge in [-0.3, -0.25) is 0 Å². The second-order valence-corrected chi connectivity index (χ2v) is 4.99. The smallest absolute Gasteiger partial charge is 0.134 e. The molecule has 0 bridgehead atoms. The molecule has 5 heteroatoms. The third-order valence-electron chi connectivity index (χ3n) is 3.92. The highest BCUT2D eigenvalue weighted by atomic mass is 15.2. The van der Waals surface area contributed by atoms with Crippen LogP contribution in [0, 0.1) is 0 Å². The van der Waals surface area contributed by atoms with Crippen molar-refractivity contribution in [2.75, 3.05) is 36.0 Å². The molecule has 1 aliphatic rings. The van der Waals surface area contributed by atoms with Crippen LogP contribution in [0.4, 0.5) is 11.6 Å². The zero-order chi connectivity index (χ0) is 13.7. The zero-order valence-corrected chi connectivity index (χ0v) is 12.0. The monoisotopic (exact) mass is 263 g/mol. The number of hydrogen-bond donors (Lipinski definition) is 1. The lowest BCUT2D eigenvalue weighted by Crippen LogP contribution is -2.44. The van der Waals surface area contributed by atoms with E-state index in [4.69, 9.17) is 5.73 Å². The standard InChI is InChI=1S/C14H25N5/c1-3-18(4-2)13-9-14(17-11-16-13)19-8-6-5-7-12(19)10-15/h9,11-12H,3-8,10,15H2,1-2H3. The maximum atomic E-state index is 5.89. The zero-order valence-electron chi connectivity index (χ0n) is 12.0. The van der Waals surface area contributed by atoms with Gasteiger partial charge in [-0.15, -0.1) is 0 Å². The van der Waals surface area contributed by atoms with Crippen molar-refractivity contribution in [3.63, 3.8) is 0 Å². The number of anilines is 2. The van der Waals surface area contributed by atoms with E-state index in [1.165, 1.54) is 19.3 Å². The van der Waals surface area contributed by atoms with Crippen LogP contribution in [0.25, 0.3) is 0 Å². The minimum absolute atomic E-state index is 0.424. The Morgan fingerprint density at radius 3 is 2.79 bits per heavy atom. The highest BCUT2D eigenvalue weighted by Crippen LogP contribution is 2.24. The number of aromatic nitrogens is 2. The SMILES string of the molecule is CCN(CC)c1cc(N2CCCCC2CN)ncn1. The fourth-order valence-electron chi connectivity index (χ4n) is 2.76. The molecule has 1 aromatic heterocycles. The minimum Gasteiger partial charge on any atom is -0.357 e. The Balaban J connectivity index is 2.21. The van der Waals surface area contributed by atoms with Gasteiger partial charge in [0, 0.05) is 38.3 Å². The van der Waals surface area contributed by atoms with E-state index >= 15 is 0 Å². The Morgan fingerprint density at radius 2 is 2.11 bits per heavy atom. The Morgan fingerprint density at radius 1 is 1.32 bits per heavy atom. The van der Waals surface area contributed by atoms with Gasteiger partial charge >= 0.3 is 0 Å². The molecule has 106 valence electrons. The molecule has 1 fully saturated rings. The quantitative estimate of drug-likeness (QED) is 0.875. The summed E-state index contributed by atoms with van der Waals surface area (Å²) in [4.78, 5) is 13.4. The summed E-state index contributed by atoms with van der Waals surface area (Å²) in [7, 11) is 0. The highest BCUT2D eigenvalue weighted by Gasteiger charge is 2.22. The molecule has 1 aromatic rings. The summed E-state index contributed by atoms with van der Waals surface area (Å²) in [6.45, 7) is 7.98. The van der Waals surface area contributed by atoms with E-state index in [0.717, 1.165) is 31.3 Å². The largest absolute Gasteiger partial charge is 0.357 e. The van der Waals surface area contributed by atoms with E-state index in [2.05, 4.69) is 39.7 Å². The number of piperidine rings is 1. The predicted octanol–water partition coefficient (Wildman–Crippen LogP) is 1.64. The average molecular weight is 263 g/mol. The number of hydrogen-bond acceptors (Lipinski definition) is 5. The van der Waals surface area contributed by atoms with E-state index in [1.54, 1.807) is 6.33 Å². The summed E-state index contributed by atoms with van der Waals surface area (Å²) < 4.78 is 0. The van der Waals surface area contributed by atoms with Gasteiger partial charge in [-0.05, 0) is 33.1 Å². The van der Waals surface area contributed by atoms with Crippen molar-refractivity contribution in [2.45, 2.75) is 39.2 Å². The van der Waals surface area contributed by atoms with Crippen LogP contribution in [0.2, 0.25) is 0 Å². The molecule has 1 unspecified atom stereocenters. The van der Waals surface area contributed by atoms with Gasteiger partial charge in [-0.25, -0.2) is 9.97 Å². The Labute approximate surface area is 115 Å². The third kappa shape index (κ3) is 3.15. The van der Waals surface area contributed by atoms with E-state index in [0.29, 0.717) is 12.6 Å². The predicted molar refractivity (Wildman–Crippen MR) is 79.6 cm³/mol. The molecule has 0 saturated carbocycles. The Kier molecular flexibility index (Phi) is 4.96. The van der Waals surface area contributed by atoms with Crippen LogP contribution in [0.1, 0.15) is 33.1 Å². The second kappa shape index (κ2) is 6.70. The minimum atomic E-state index is 0.424. The summed E-state index contributed by atoms with van der Waals surface area (Å²) in [5.74, 6) is 2.03. The Bertz CT molecular complexity index is 391. The molecular formula is C14H25N5. The van der Waals surface area contributed by atoms with E-state index < -0.39 is 0 Å². The molecule has 0 spiro atoms. The van der Waals surface area contributed by atoms with Gasteiger partial charge in [0.25, 0.3) is 0 Å². The van der Waals surface area contributed by atoms with Gasteiger partial charge in [0.2, 0.25) is 0 Å². The first kappa shape index (κ1) is 14.1. The maximum absolute atomic E-state index is 5.89. The van der Waals surface area contributed by atoms with E-state index in [1.807, 2.05) is 0 Å². The molecule has 0 aliphatic carbocycles. The molecule has 0 amide bonds. The Hall–Kier alpha value is -1.36. The molecule has 2 heterocycles. The van der Waals surface area contributed by atoms with Gasteiger partial charge in [0.1, 0.15) is 18.0 Å². The van der Waals surface area contributed by atoms with Crippen molar-refractivity contribution < 1.29 is 0 Å². The summed E-state index contributed by atoms with van der Waals surface area (Å²) >= 11 is 0. The number of rotatable bonds is 5. The van der Waals surface area contributed by atoms with Crippen molar-refractivity contribution in [3.05, 3.63) is 12.4 Å². The fraction of sp³-hybridized carbons (Fsp3) is 0.714. The van der Waals surface area contributed by atoms with E-state index in [-0.39, 0.29) is 0 Å². The van der Waals surface area contributed by atoms with E-state index in [9.17, 15) is 0 Å². The summed E-state index contributed by atoms with van der Waals surface area (Å²) in [5, 5.41) is 0. The highest BCUT2D eigenvalue weighted by molar-refractivity contribution is 5.51. The van der Waals surface area contributed by atoms with Gasteiger partial charge in [0.05, 0.1) is 0 Å². The molecule has 0 radical (unpaired) electrons. The van der Waals surface area contributed by atoms with Crippen molar-refractivity contribution in [1.29, 1.82) is 0 Å². The molecule has 0 aromatic carbocycles. The number of nitrogens with zero attached hydrogens (tertiary/aromatic N) is 4. The molecule has 1 atom stereocenters. The van der Waals surface area contributed by atoms with Crippen LogP contribution in [0.3, 0.4) is 0 Å². The molecule has 1 saturated heterocycles. The van der Waals surface area contributed by atoms with Gasteiger partial charge < -0.3 is 15.5 Å². The molecule has 1 aliphatic heterocycles. The van der Waals surface area contributed by atoms with Crippen LogP contribution in [0.15, 0.2) is 12.4 Å².